The van der Waals surface area contributed by atoms with Gasteiger partial charge in [-0.2, -0.15) is 0 Å². The number of carbonyl (C=O) groups is 1. The van der Waals surface area contributed by atoms with Gasteiger partial charge in [-0.1, -0.05) is 18.2 Å². The van der Waals surface area contributed by atoms with Gasteiger partial charge < -0.3 is 15.0 Å². The van der Waals surface area contributed by atoms with Crippen molar-refractivity contribution >= 4 is 17.5 Å². The number of amides is 1. The Morgan fingerprint density at radius 3 is 2.73 bits per heavy atom. The quantitative estimate of drug-likeness (QED) is 0.792. The lowest BCUT2D eigenvalue weighted by Crippen LogP contribution is -2.28. The lowest BCUT2D eigenvalue weighted by atomic mass is 10.3. The molecule has 22 heavy (non-hydrogen) atoms. The van der Waals surface area contributed by atoms with E-state index in [4.69, 9.17) is 4.74 Å². The zero-order valence-electron chi connectivity index (χ0n) is 12.8. The Labute approximate surface area is 130 Å². The summed E-state index contributed by atoms with van der Waals surface area (Å²) < 4.78 is 4.91. The highest BCUT2D eigenvalue weighted by molar-refractivity contribution is 5.92. The second kappa shape index (κ2) is 8.09. The number of rotatable bonds is 7. The summed E-state index contributed by atoms with van der Waals surface area (Å²) in [6, 6.07) is 11.4. The number of carbonyl (C=O) groups excluding carboxylic acids is 1. The van der Waals surface area contributed by atoms with Crippen LogP contribution in [0, 0.1) is 0 Å². The maximum atomic E-state index is 12.0. The summed E-state index contributed by atoms with van der Waals surface area (Å²) in [6.07, 6.45) is 1.60. The zero-order chi connectivity index (χ0) is 15.8. The Morgan fingerprint density at radius 1 is 1.27 bits per heavy atom. The standard InChI is InChI=1S/C16H20N4O2/c1-3-20(13-7-5-4-6-8-13)16-18-10-9-14(19-16)15(21)17-11-12-22-2/h4-10H,3,11-12H2,1-2H3,(H,17,21). The van der Waals surface area contributed by atoms with E-state index in [1.807, 2.05) is 42.2 Å². The molecule has 2 aromatic rings. The molecule has 1 amide bonds. The fraction of sp³-hybridized carbons (Fsp3) is 0.312. The molecule has 0 unspecified atom stereocenters. The number of nitrogens with zero attached hydrogens (tertiary/aromatic N) is 3. The minimum Gasteiger partial charge on any atom is -0.383 e. The van der Waals surface area contributed by atoms with Crippen molar-refractivity contribution in [2.24, 2.45) is 0 Å². The van der Waals surface area contributed by atoms with Gasteiger partial charge in [0.2, 0.25) is 5.95 Å². The lowest BCUT2D eigenvalue weighted by Gasteiger charge is -2.21. The van der Waals surface area contributed by atoms with Crippen molar-refractivity contribution in [3.8, 4) is 0 Å². The van der Waals surface area contributed by atoms with Gasteiger partial charge in [-0.15, -0.1) is 0 Å². The first-order valence-corrected chi connectivity index (χ1v) is 7.19. The molecule has 1 aromatic heterocycles. The molecule has 1 heterocycles. The molecule has 0 saturated heterocycles. The molecule has 0 aliphatic rings. The molecular formula is C16H20N4O2. The van der Waals surface area contributed by atoms with E-state index in [2.05, 4.69) is 15.3 Å². The van der Waals surface area contributed by atoms with Gasteiger partial charge in [-0.3, -0.25) is 4.79 Å². The first-order valence-electron chi connectivity index (χ1n) is 7.19. The molecule has 0 fully saturated rings. The van der Waals surface area contributed by atoms with Crippen LogP contribution in [0.2, 0.25) is 0 Å². The van der Waals surface area contributed by atoms with Gasteiger partial charge in [0, 0.05) is 32.1 Å². The number of hydrogen-bond donors (Lipinski definition) is 1. The monoisotopic (exact) mass is 300 g/mol. The highest BCUT2D eigenvalue weighted by Gasteiger charge is 2.13. The first-order chi connectivity index (χ1) is 10.8. The Balaban J connectivity index is 2.18. The van der Waals surface area contributed by atoms with Crippen LogP contribution < -0.4 is 10.2 Å². The van der Waals surface area contributed by atoms with Crippen LogP contribution in [0.25, 0.3) is 0 Å². The Hall–Kier alpha value is -2.47. The summed E-state index contributed by atoms with van der Waals surface area (Å²) in [7, 11) is 1.59. The summed E-state index contributed by atoms with van der Waals surface area (Å²) in [5.41, 5.74) is 1.33. The average molecular weight is 300 g/mol. The van der Waals surface area contributed by atoms with Crippen LogP contribution in [-0.2, 0) is 4.74 Å². The van der Waals surface area contributed by atoms with E-state index >= 15 is 0 Å². The fourth-order valence-corrected chi connectivity index (χ4v) is 2.01. The Bertz CT molecular complexity index is 604. The van der Waals surface area contributed by atoms with Crippen molar-refractivity contribution in [3.63, 3.8) is 0 Å². The topological polar surface area (TPSA) is 67.4 Å². The van der Waals surface area contributed by atoms with Gasteiger partial charge in [0.25, 0.3) is 5.91 Å². The van der Waals surface area contributed by atoms with Gasteiger partial charge in [0.15, 0.2) is 0 Å². The fourth-order valence-electron chi connectivity index (χ4n) is 2.01. The summed E-state index contributed by atoms with van der Waals surface area (Å²) in [6.45, 7) is 3.64. The third kappa shape index (κ3) is 4.02. The molecule has 0 radical (unpaired) electrons. The van der Waals surface area contributed by atoms with E-state index in [1.165, 1.54) is 0 Å². The van der Waals surface area contributed by atoms with Gasteiger partial charge in [0.05, 0.1) is 6.61 Å². The van der Waals surface area contributed by atoms with E-state index in [-0.39, 0.29) is 5.91 Å². The number of benzene rings is 1. The molecular weight excluding hydrogens is 280 g/mol. The first kappa shape index (κ1) is 15.9. The number of methoxy groups -OCH3 is 1. The SMILES string of the molecule is CCN(c1ccccc1)c1nccc(C(=O)NCCOC)n1. The number of aromatic nitrogens is 2. The van der Waals surface area contributed by atoms with E-state index in [9.17, 15) is 4.79 Å². The Kier molecular flexibility index (Phi) is 5.85. The molecule has 1 aromatic carbocycles. The maximum Gasteiger partial charge on any atom is 0.270 e. The van der Waals surface area contributed by atoms with E-state index in [0.29, 0.717) is 31.3 Å². The lowest BCUT2D eigenvalue weighted by molar-refractivity contribution is 0.0932. The molecule has 116 valence electrons. The second-order valence-corrected chi connectivity index (χ2v) is 4.57. The van der Waals surface area contributed by atoms with Crippen LogP contribution >= 0.6 is 0 Å². The molecule has 6 nitrogen and oxygen atoms in total. The second-order valence-electron chi connectivity index (χ2n) is 4.57. The number of ether oxygens (including phenoxy) is 1. The van der Waals surface area contributed by atoms with Crippen LogP contribution in [0.3, 0.4) is 0 Å². The molecule has 1 N–H and O–H groups in total. The third-order valence-electron chi connectivity index (χ3n) is 3.09. The van der Waals surface area contributed by atoms with E-state index < -0.39 is 0 Å². The van der Waals surface area contributed by atoms with E-state index in [0.717, 1.165) is 5.69 Å². The number of hydrogen-bond acceptors (Lipinski definition) is 5. The van der Waals surface area contributed by atoms with Crippen LogP contribution in [0.5, 0.6) is 0 Å². The minimum absolute atomic E-state index is 0.232. The Morgan fingerprint density at radius 2 is 2.05 bits per heavy atom. The highest BCUT2D eigenvalue weighted by Crippen LogP contribution is 2.20. The van der Waals surface area contributed by atoms with Crippen LogP contribution in [0.15, 0.2) is 42.6 Å². The zero-order valence-corrected chi connectivity index (χ0v) is 12.8. The predicted octanol–water partition coefficient (Wildman–Crippen LogP) is 2.01. The van der Waals surface area contributed by atoms with Gasteiger partial charge in [-0.05, 0) is 25.1 Å². The number of para-hydroxylation sites is 1. The van der Waals surface area contributed by atoms with Crippen LogP contribution in [0.4, 0.5) is 11.6 Å². The van der Waals surface area contributed by atoms with Crippen molar-refractivity contribution in [1.82, 2.24) is 15.3 Å². The molecule has 0 spiro atoms. The van der Waals surface area contributed by atoms with Gasteiger partial charge in [0.1, 0.15) is 5.69 Å². The predicted molar refractivity (Wildman–Crippen MR) is 85.4 cm³/mol. The molecule has 0 aliphatic carbocycles. The molecule has 0 atom stereocenters. The largest absolute Gasteiger partial charge is 0.383 e. The summed E-state index contributed by atoms with van der Waals surface area (Å²) >= 11 is 0. The van der Waals surface area contributed by atoms with Gasteiger partial charge >= 0.3 is 0 Å². The average Bonchev–Trinajstić information content (AvgIpc) is 2.57. The van der Waals surface area contributed by atoms with Gasteiger partial charge in [-0.25, -0.2) is 9.97 Å². The molecule has 0 saturated carbocycles. The molecule has 0 bridgehead atoms. The summed E-state index contributed by atoms with van der Waals surface area (Å²) in [5.74, 6) is 0.276. The number of nitrogens with one attached hydrogen (secondary N) is 1. The third-order valence-corrected chi connectivity index (χ3v) is 3.09. The number of anilines is 2. The summed E-state index contributed by atoms with van der Waals surface area (Å²) in [5, 5.41) is 2.75. The smallest absolute Gasteiger partial charge is 0.270 e. The van der Waals surface area contributed by atoms with Crippen LogP contribution in [-0.4, -0.2) is 42.7 Å². The molecule has 0 aliphatic heterocycles. The van der Waals surface area contributed by atoms with Crippen LogP contribution in [0.1, 0.15) is 17.4 Å². The minimum atomic E-state index is -0.232. The molecule has 6 heteroatoms. The van der Waals surface area contributed by atoms with Crippen molar-refractivity contribution in [2.75, 3.05) is 31.7 Å². The van der Waals surface area contributed by atoms with Crippen molar-refractivity contribution in [2.45, 2.75) is 6.92 Å². The maximum absolute atomic E-state index is 12.0. The molecule has 2 rings (SSSR count). The van der Waals surface area contributed by atoms with E-state index in [1.54, 1.807) is 19.4 Å². The van der Waals surface area contributed by atoms with Crippen molar-refractivity contribution in [1.29, 1.82) is 0 Å². The van der Waals surface area contributed by atoms with Crippen molar-refractivity contribution in [3.05, 3.63) is 48.3 Å². The highest BCUT2D eigenvalue weighted by atomic mass is 16.5. The summed E-state index contributed by atoms with van der Waals surface area (Å²) in [4.78, 5) is 22.6. The normalized spacial score (nSPS) is 10.3. The van der Waals surface area contributed by atoms with Crippen molar-refractivity contribution < 1.29 is 9.53 Å².